The monoisotopic (exact) mass is 525 g/mol. The number of anilines is 1. The second-order valence-electron chi connectivity index (χ2n) is 7.54. The van der Waals surface area contributed by atoms with E-state index in [2.05, 4.69) is 20.8 Å². The Morgan fingerprint density at radius 2 is 1.76 bits per heavy atom. The maximum Gasteiger partial charge on any atom is 0.253 e. The topological polar surface area (TPSA) is 88.9 Å². The quantitative estimate of drug-likeness (QED) is 0.371. The average molecular weight is 527 g/mol. The fraction of sp³-hybridized carbons (Fsp3) is 0.273. The molecule has 0 saturated carbocycles. The second-order valence-corrected chi connectivity index (χ2v) is 9.70. The highest BCUT2D eigenvalue weighted by Crippen LogP contribution is 2.27. The van der Waals surface area contributed by atoms with E-state index in [9.17, 15) is 9.59 Å². The van der Waals surface area contributed by atoms with Crippen LogP contribution in [0.2, 0.25) is 15.1 Å². The van der Waals surface area contributed by atoms with Crippen molar-refractivity contribution in [3.8, 4) is 0 Å². The largest absolute Gasteiger partial charge is 0.342 e. The molecule has 2 amide bonds. The van der Waals surface area contributed by atoms with Gasteiger partial charge in [0.1, 0.15) is 0 Å². The summed E-state index contributed by atoms with van der Waals surface area (Å²) in [6.07, 6.45) is 0. The molecular weight excluding hydrogens is 505 g/mol. The molecule has 1 heterocycles. The van der Waals surface area contributed by atoms with E-state index < -0.39 is 6.04 Å². The minimum Gasteiger partial charge on any atom is -0.342 e. The van der Waals surface area contributed by atoms with Gasteiger partial charge >= 0.3 is 0 Å². The Hall–Kier alpha value is -2.26. The van der Waals surface area contributed by atoms with Crippen LogP contribution in [-0.2, 0) is 11.8 Å². The number of hydrogen-bond donors (Lipinski definition) is 2. The van der Waals surface area contributed by atoms with Crippen molar-refractivity contribution in [3.63, 3.8) is 0 Å². The van der Waals surface area contributed by atoms with Gasteiger partial charge in [-0.2, -0.15) is 0 Å². The molecule has 0 aliphatic carbocycles. The van der Waals surface area contributed by atoms with Gasteiger partial charge in [-0.25, -0.2) is 0 Å². The highest BCUT2D eigenvalue weighted by atomic mass is 35.5. The molecule has 2 N–H and O–H groups in total. The highest BCUT2D eigenvalue weighted by molar-refractivity contribution is 7.99. The van der Waals surface area contributed by atoms with Gasteiger partial charge in [0.2, 0.25) is 5.91 Å². The summed E-state index contributed by atoms with van der Waals surface area (Å²) in [6.45, 7) is 3.95. The summed E-state index contributed by atoms with van der Waals surface area (Å²) in [4.78, 5) is 25.1. The Morgan fingerprint density at radius 3 is 2.42 bits per heavy atom. The van der Waals surface area contributed by atoms with Gasteiger partial charge in [-0.15, -0.1) is 10.2 Å². The number of hydrogen-bond acceptors (Lipinski definition) is 5. The highest BCUT2D eigenvalue weighted by Gasteiger charge is 2.26. The van der Waals surface area contributed by atoms with E-state index in [0.29, 0.717) is 37.3 Å². The van der Waals surface area contributed by atoms with Crippen molar-refractivity contribution < 1.29 is 9.59 Å². The normalized spacial score (nSPS) is 12.0. The van der Waals surface area contributed by atoms with E-state index in [0.717, 1.165) is 0 Å². The van der Waals surface area contributed by atoms with Crippen molar-refractivity contribution in [1.82, 2.24) is 20.1 Å². The molecule has 11 heteroatoms. The summed E-state index contributed by atoms with van der Waals surface area (Å²) in [7, 11) is 1.80. The molecule has 0 fully saturated rings. The SMILES string of the molecule is CC(C)[C@H](NC(=O)c1ccccc1Cl)c1nnc(SCC(=O)Nc2ccc(Cl)c(Cl)c2)n1C. The molecule has 0 radical (unpaired) electrons. The van der Waals surface area contributed by atoms with Gasteiger partial charge in [-0.1, -0.05) is 72.5 Å². The zero-order valence-corrected chi connectivity index (χ0v) is 21.2. The summed E-state index contributed by atoms with van der Waals surface area (Å²) in [6, 6.07) is 11.3. The smallest absolute Gasteiger partial charge is 0.253 e. The Bertz CT molecular complexity index is 1170. The lowest BCUT2D eigenvalue weighted by Crippen LogP contribution is -2.33. The van der Waals surface area contributed by atoms with Crippen molar-refractivity contribution in [1.29, 1.82) is 0 Å². The summed E-state index contributed by atoms with van der Waals surface area (Å²) in [5, 5.41) is 15.9. The van der Waals surface area contributed by atoms with Crippen LogP contribution in [0.4, 0.5) is 5.69 Å². The molecule has 2 aromatic carbocycles. The summed E-state index contributed by atoms with van der Waals surface area (Å²) in [5.41, 5.74) is 0.941. The maximum atomic E-state index is 12.8. The van der Waals surface area contributed by atoms with Crippen molar-refractivity contribution in [3.05, 3.63) is 68.9 Å². The van der Waals surface area contributed by atoms with Crippen LogP contribution < -0.4 is 10.6 Å². The zero-order valence-electron chi connectivity index (χ0n) is 18.1. The van der Waals surface area contributed by atoms with Gasteiger partial charge in [0.05, 0.1) is 32.4 Å². The number of nitrogens with zero attached hydrogens (tertiary/aromatic N) is 3. The second kappa shape index (κ2) is 11.2. The first-order valence-corrected chi connectivity index (χ1v) is 12.1. The van der Waals surface area contributed by atoms with E-state index in [4.69, 9.17) is 34.8 Å². The van der Waals surface area contributed by atoms with E-state index >= 15 is 0 Å². The third kappa shape index (κ3) is 6.41. The average Bonchev–Trinajstić information content (AvgIpc) is 3.13. The van der Waals surface area contributed by atoms with Gasteiger partial charge in [0.25, 0.3) is 5.91 Å². The zero-order chi connectivity index (χ0) is 24.1. The van der Waals surface area contributed by atoms with Gasteiger partial charge in [-0.05, 0) is 36.2 Å². The molecule has 3 rings (SSSR count). The Labute approximate surface area is 211 Å². The lowest BCUT2D eigenvalue weighted by Gasteiger charge is -2.22. The molecule has 1 atom stereocenters. The van der Waals surface area contributed by atoms with Crippen LogP contribution in [-0.4, -0.2) is 32.3 Å². The molecule has 0 unspecified atom stereocenters. The molecule has 33 heavy (non-hydrogen) atoms. The lowest BCUT2D eigenvalue weighted by molar-refractivity contribution is -0.113. The first-order chi connectivity index (χ1) is 15.7. The van der Waals surface area contributed by atoms with Crippen molar-refractivity contribution >= 4 is 64.1 Å². The fourth-order valence-corrected chi connectivity index (χ4v) is 4.26. The molecule has 0 bridgehead atoms. The first-order valence-electron chi connectivity index (χ1n) is 9.99. The Balaban J connectivity index is 1.67. The molecule has 3 aromatic rings. The van der Waals surface area contributed by atoms with Crippen LogP contribution in [0, 0.1) is 5.92 Å². The molecular formula is C22H22Cl3N5O2S. The minimum absolute atomic E-state index is 0.0372. The number of benzene rings is 2. The van der Waals surface area contributed by atoms with Crippen LogP contribution >= 0.6 is 46.6 Å². The molecule has 0 aliphatic rings. The third-order valence-electron chi connectivity index (χ3n) is 4.75. The minimum atomic E-state index is -0.398. The Kier molecular flexibility index (Phi) is 8.64. The third-order valence-corrected chi connectivity index (χ3v) is 6.84. The predicted octanol–water partition coefficient (Wildman–Crippen LogP) is 5.63. The van der Waals surface area contributed by atoms with Gasteiger partial charge in [0.15, 0.2) is 11.0 Å². The van der Waals surface area contributed by atoms with E-state index in [1.807, 2.05) is 13.8 Å². The molecule has 0 aliphatic heterocycles. The molecule has 7 nitrogen and oxygen atoms in total. The number of nitrogens with one attached hydrogen (secondary N) is 2. The first kappa shape index (κ1) is 25.4. The number of thioether (sulfide) groups is 1. The molecule has 0 spiro atoms. The van der Waals surface area contributed by atoms with Crippen LogP contribution in [0.3, 0.4) is 0 Å². The number of carbonyl (C=O) groups is 2. The van der Waals surface area contributed by atoms with Gasteiger partial charge in [-0.3, -0.25) is 9.59 Å². The fourth-order valence-electron chi connectivity index (χ4n) is 3.02. The van der Waals surface area contributed by atoms with Crippen LogP contribution in [0.25, 0.3) is 0 Å². The van der Waals surface area contributed by atoms with Crippen molar-refractivity contribution in [2.75, 3.05) is 11.1 Å². The summed E-state index contributed by atoms with van der Waals surface area (Å²) >= 11 is 19.3. The number of amides is 2. The number of rotatable bonds is 8. The predicted molar refractivity (Wildman–Crippen MR) is 133 cm³/mol. The van der Waals surface area contributed by atoms with Gasteiger partial charge < -0.3 is 15.2 Å². The molecule has 174 valence electrons. The standard InChI is InChI=1S/C22H22Cl3N5O2S/c1-12(2)19(27-21(32)14-6-4-5-7-15(14)23)20-28-29-22(30(20)3)33-11-18(31)26-13-8-9-16(24)17(25)10-13/h4-10,12,19H,11H2,1-3H3,(H,26,31)(H,27,32)/t19-/m0/s1. The van der Waals surface area contributed by atoms with Crippen LogP contribution in [0.5, 0.6) is 0 Å². The number of aromatic nitrogens is 3. The van der Waals surface area contributed by atoms with Crippen molar-refractivity contribution in [2.45, 2.75) is 25.0 Å². The lowest BCUT2D eigenvalue weighted by atomic mass is 10.0. The van der Waals surface area contributed by atoms with Crippen LogP contribution in [0.15, 0.2) is 47.6 Å². The van der Waals surface area contributed by atoms with E-state index in [1.165, 1.54) is 11.8 Å². The summed E-state index contributed by atoms with van der Waals surface area (Å²) in [5.74, 6) is 0.214. The number of halogens is 3. The van der Waals surface area contributed by atoms with E-state index in [-0.39, 0.29) is 23.5 Å². The number of carbonyl (C=O) groups excluding carboxylic acids is 2. The van der Waals surface area contributed by atoms with Gasteiger partial charge in [0, 0.05) is 12.7 Å². The summed E-state index contributed by atoms with van der Waals surface area (Å²) < 4.78 is 1.77. The Morgan fingerprint density at radius 1 is 1.03 bits per heavy atom. The maximum absolute atomic E-state index is 12.8. The van der Waals surface area contributed by atoms with E-state index in [1.54, 1.807) is 54.1 Å². The van der Waals surface area contributed by atoms with Crippen molar-refractivity contribution in [2.24, 2.45) is 13.0 Å². The van der Waals surface area contributed by atoms with Crippen LogP contribution in [0.1, 0.15) is 36.1 Å². The molecule has 0 saturated heterocycles. The molecule has 1 aromatic heterocycles.